The summed E-state index contributed by atoms with van der Waals surface area (Å²) >= 11 is 0. The number of carbonyl (C=O) groups excluding carboxylic acids is 1. The fourth-order valence-electron chi connectivity index (χ4n) is 2.08. The molecule has 3 aromatic heterocycles. The molecule has 0 saturated carbocycles. The van der Waals surface area contributed by atoms with Crippen molar-refractivity contribution in [2.45, 2.75) is 20.4 Å². The van der Waals surface area contributed by atoms with E-state index in [4.69, 9.17) is 4.52 Å². The summed E-state index contributed by atoms with van der Waals surface area (Å²) in [4.78, 5) is 24.8. The number of hydrogen-bond donors (Lipinski definition) is 2. The first kappa shape index (κ1) is 15.6. The second kappa shape index (κ2) is 6.86. The maximum atomic E-state index is 12.3. The second-order valence-corrected chi connectivity index (χ2v) is 5.18. The lowest BCUT2D eigenvalue weighted by atomic mass is 10.3. The first-order valence-corrected chi connectivity index (χ1v) is 7.33. The minimum atomic E-state index is -0.377. The molecule has 0 aliphatic heterocycles. The third-order valence-electron chi connectivity index (χ3n) is 3.14. The first-order valence-electron chi connectivity index (χ1n) is 7.33. The molecule has 2 N–H and O–H groups in total. The Kier molecular flexibility index (Phi) is 4.46. The lowest BCUT2D eigenvalue weighted by Gasteiger charge is -2.08. The van der Waals surface area contributed by atoms with E-state index in [0.717, 1.165) is 5.56 Å². The Bertz CT molecular complexity index is 847. The Hall–Kier alpha value is -3.29. The number of carbonyl (C=O) groups is 1. The van der Waals surface area contributed by atoms with Crippen molar-refractivity contribution in [1.29, 1.82) is 0 Å². The lowest BCUT2D eigenvalue weighted by molar-refractivity contribution is 0.102. The Balaban J connectivity index is 1.72. The number of amides is 1. The van der Waals surface area contributed by atoms with Crippen LogP contribution < -0.4 is 10.6 Å². The van der Waals surface area contributed by atoms with Crippen LogP contribution >= 0.6 is 0 Å². The number of pyridine rings is 1. The summed E-state index contributed by atoms with van der Waals surface area (Å²) < 4.78 is 4.92. The van der Waals surface area contributed by atoms with Gasteiger partial charge in [0.2, 0.25) is 0 Å². The molecule has 0 aliphatic carbocycles. The first-order chi connectivity index (χ1) is 11.6. The largest absolute Gasteiger partial charge is 0.366 e. The molecule has 0 aromatic carbocycles. The smallest absolute Gasteiger partial charge is 0.275 e. The molecule has 8 nitrogen and oxygen atoms in total. The summed E-state index contributed by atoms with van der Waals surface area (Å²) in [7, 11) is 0. The van der Waals surface area contributed by atoms with E-state index in [0.29, 0.717) is 29.8 Å². The van der Waals surface area contributed by atoms with E-state index in [1.54, 1.807) is 38.4 Å². The van der Waals surface area contributed by atoms with Crippen molar-refractivity contribution in [2.75, 3.05) is 10.6 Å². The van der Waals surface area contributed by atoms with Crippen LogP contribution in [0.1, 0.15) is 27.6 Å². The van der Waals surface area contributed by atoms with Crippen LogP contribution in [-0.4, -0.2) is 26.0 Å². The molecule has 0 bridgehead atoms. The van der Waals surface area contributed by atoms with Gasteiger partial charge in [-0.15, -0.1) is 0 Å². The van der Waals surface area contributed by atoms with Gasteiger partial charge in [-0.2, -0.15) is 0 Å². The number of aromatic nitrogens is 4. The maximum Gasteiger partial charge on any atom is 0.275 e. The van der Waals surface area contributed by atoms with Crippen LogP contribution in [0.25, 0.3) is 0 Å². The molecule has 3 aromatic rings. The van der Waals surface area contributed by atoms with Gasteiger partial charge in [-0.1, -0.05) is 11.2 Å². The van der Waals surface area contributed by atoms with E-state index in [2.05, 4.69) is 30.7 Å². The van der Waals surface area contributed by atoms with Gasteiger partial charge >= 0.3 is 0 Å². The fourth-order valence-corrected chi connectivity index (χ4v) is 2.08. The van der Waals surface area contributed by atoms with Gasteiger partial charge in [0.15, 0.2) is 5.82 Å². The van der Waals surface area contributed by atoms with Gasteiger partial charge in [-0.3, -0.25) is 9.78 Å². The molecule has 24 heavy (non-hydrogen) atoms. The summed E-state index contributed by atoms with van der Waals surface area (Å²) in [5, 5.41) is 9.52. The maximum absolute atomic E-state index is 12.3. The summed E-state index contributed by atoms with van der Waals surface area (Å²) in [6.45, 7) is 4.03. The number of rotatable bonds is 5. The van der Waals surface area contributed by atoms with Gasteiger partial charge in [0.05, 0.1) is 0 Å². The van der Waals surface area contributed by atoms with Crippen molar-refractivity contribution in [2.24, 2.45) is 0 Å². The predicted molar refractivity (Wildman–Crippen MR) is 87.5 cm³/mol. The molecule has 0 saturated heterocycles. The van der Waals surface area contributed by atoms with Crippen LogP contribution in [0.2, 0.25) is 0 Å². The van der Waals surface area contributed by atoms with Crippen molar-refractivity contribution in [3.63, 3.8) is 0 Å². The third kappa shape index (κ3) is 3.92. The number of hydrogen-bond acceptors (Lipinski definition) is 7. The number of aryl methyl sites for hydroxylation is 2. The predicted octanol–water partition coefficient (Wildman–Crippen LogP) is 2.34. The molecule has 3 heterocycles. The van der Waals surface area contributed by atoms with Crippen LogP contribution in [-0.2, 0) is 6.54 Å². The van der Waals surface area contributed by atoms with Gasteiger partial charge in [0.25, 0.3) is 5.91 Å². The Morgan fingerprint density at radius 2 is 2.08 bits per heavy atom. The molecule has 1 amide bonds. The highest BCUT2D eigenvalue weighted by atomic mass is 16.5. The minimum Gasteiger partial charge on any atom is -0.366 e. The van der Waals surface area contributed by atoms with E-state index < -0.39 is 0 Å². The van der Waals surface area contributed by atoms with Crippen LogP contribution in [0.5, 0.6) is 0 Å². The molecule has 0 unspecified atom stereocenters. The molecule has 0 atom stereocenters. The number of anilines is 2. The second-order valence-electron chi connectivity index (χ2n) is 5.18. The SMILES string of the molecule is Cc1nc(NCc2cccnc2)cc(C(=O)Nc2cc(C)on2)n1. The monoisotopic (exact) mass is 324 g/mol. The normalized spacial score (nSPS) is 10.4. The average molecular weight is 324 g/mol. The topological polar surface area (TPSA) is 106 Å². The zero-order valence-corrected chi connectivity index (χ0v) is 13.3. The highest BCUT2D eigenvalue weighted by Gasteiger charge is 2.12. The molecule has 3 rings (SSSR count). The van der Waals surface area contributed by atoms with E-state index >= 15 is 0 Å². The highest BCUT2D eigenvalue weighted by molar-refractivity contribution is 6.02. The fraction of sp³-hybridized carbons (Fsp3) is 0.188. The van der Waals surface area contributed by atoms with Crippen molar-refractivity contribution in [3.8, 4) is 0 Å². The molecular weight excluding hydrogens is 308 g/mol. The van der Waals surface area contributed by atoms with Crippen LogP contribution in [0.4, 0.5) is 11.6 Å². The third-order valence-corrected chi connectivity index (χ3v) is 3.14. The summed E-state index contributed by atoms with van der Waals surface area (Å²) in [6, 6.07) is 7.04. The zero-order chi connectivity index (χ0) is 16.9. The van der Waals surface area contributed by atoms with Gasteiger partial charge in [-0.05, 0) is 25.5 Å². The van der Waals surface area contributed by atoms with Crippen molar-refractivity contribution < 1.29 is 9.32 Å². The van der Waals surface area contributed by atoms with Gasteiger partial charge in [0, 0.05) is 31.1 Å². The van der Waals surface area contributed by atoms with E-state index in [1.165, 1.54) is 0 Å². The van der Waals surface area contributed by atoms with Gasteiger partial charge < -0.3 is 15.2 Å². The van der Waals surface area contributed by atoms with Crippen LogP contribution in [0.3, 0.4) is 0 Å². The van der Waals surface area contributed by atoms with Crippen molar-refractivity contribution in [1.82, 2.24) is 20.1 Å². The summed E-state index contributed by atoms with van der Waals surface area (Å²) in [5.74, 6) is 1.64. The minimum absolute atomic E-state index is 0.247. The van der Waals surface area contributed by atoms with Crippen molar-refractivity contribution >= 4 is 17.5 Å². The number of nitrogens with zero attached hydrogens (tertiary/aromatic N) is 4. The van der Waals surface area contributed by atoms with Crippen LogP contribution in [0, 0.1) is 13.8 Å². The molecule has 0 fully saturated rings. The highest BCUT2D eigenvalue weighted by Crippen LogP contribution is 2.12. The van der Waals surface area contributed by atoms with Crippen LogP contribution in [0.15, 0.2) is 41.2 Å². The Labute approximate surface area is 138 Å². The lowest BCUT2D eigenvalue weighted by Crippen LogP contribution is -2.16. The van der Waals surface area contributed by atoms with Gasteiger partial charge in [-0.25, -0.2) is 9.97 Å². The van der Waals surface area contributed by atoms with Crippen molar-refractivity contribution in [3.05, 3.63) is 59.5 Å². The molecule has 0 spiro atoms. The van der Waals surface area contributed by atoms with E-state index in [9.17, 15) is 4.79 Å². The molecular formula is C16H16N6O2. The Morgan fingerprint density at radius 3 is 2.79 bits per heavy atom. The summed E-state index contributed by atoms with van der Waals surface area (Å²) in [5.41, 5.74) is 1.26. The van der Waals surface area contributed by atoms with Gasteiger partial charge in [0.1, 0.15) is 23.1 Å². The zero-order valence-electron chi connectivity index (χ0n) is 13.3. The average Bonchev–Trinajstić information content (AvgIpc) is 2.98. The molecule has 8 heteroatoms. The standard InChI is InChI=1S/C16H16N6O2/c1-10-6-15(22-24-10)21-16(23)13-7-14(20-11(2)19-13)18-9-12-4-3-5-17-8-12/h3-8H,9H2,1-2H3,(H,18,19,20)(H,21,22,23). The number of nitrogens with one attached hydrogen (secondary N) is 2. The van der Waals surface area contributed by atoms with E-state index in [-0.39, 0.29) is 11.6 Å². The Morgan fingerprint density at radius 1 is 1.21 bits per heavy atom. The molecule has 0 aliphatic rings. The quantitative estimate of drug-likeness (QED) is 0.742. The molecule has 122 valence electrons. The molecule has 0 radical (unpaired) electrons. The van der Waals surface area contributed by atoms with E-state index in [1.807, 2.05) is 12.1 Å². The summed E-state index contributed by atoms with van der Waals surface area (Å²) in [6.07, 6.45) is 3.48.